The van der Waals surface area contributed by atoms with Crippen LogP contribution in [0.4, 0.5) is 0 Å². The summed E-state index contributed by atoms with van der Waals surface area (Å²) < 4.78 is 0. The molecular weight excluding hydrogens is 126 g/mol. The van der Waals surface area contributed by atoms with E-state index >= 15 is 0 Å². The molecule has 5 nitrogen and oxygen atoms in total. The maximum atomic E-state index is 9.60. The van der Waals surface area contributed by atoms with Crippen molar-refractivity contribution in [1.82, 2.24) is 0 Å². The molecule has 1 N–H and O–H groups in total. The summed E-state index contributed by atoms with van der Waals surface area (Å²) in [6.45, 7) is 1.39. The Morgan fingerprint density at radius 2 is 2.44 bits per heavy atom. The molecule has 5 heteroatoms. The highest BCUT2D eigenvalue weighted by Crippen LogP contribution is 1.94. The number of aliphatic hydroxyl groups is 1. The molecule has 9 heavy (non-hydrogen) atoms. The normalized spacial score (nSPS) is 12.7. The van der Waals surface area contributed by atoms with Crippen LogP contribution in [0.1, 0.15) is 13.3 Å². The Balaban J connectivity index is 3.43. The highest BCUT2D eigenvalue weighted by atomic mass is 17.0. The van der Waals surface area contributed by atoms with Crippen molar-refractivity contribution < 1.29 is 15.0 Å². The Morgan fingerprint density at radius 3 is 2.56 bits per heavy atom. The fourth-order valence-electron chi connectivity index (χ4n) is 0.359. The molecule has 0 aliphatic heterocycles. The fourth-order valence-corrected chi connectivity index (χ4v) is 0.359. The van der Waals surface area contributed by atoms with E-state index in [4.69, 9.17) is 5.11 Å². The van der Waals surface area contributed by atoms with Gasteiger partial charge in [-0.15, -0.1) is 10.1 Å². The van der Waals surface area contributed by atoms with Crippen LogP contribution in [-0.4, -0.2) is 22.9 Å². The minimum absolute atomic E-state index is 0.308. The summed E-state index contributed by atoms with van der Waals surface area (Å²) >= 11 is 0. The van der Waals surface area contributed by atoms with E-state index in [2.05, 4.69) is 4.84 Å². The molecule has 54 valence electrons. The summed E-state index contributed by atoms with van der Waals surface area (Å²) in [5.41, 5.74) is 0. The van der Waals surface area contributed by atoms with E-state index in [0.717, 1.165) is 0 Å². The molecule has 0 aliphatic rings. The first-order valence-electron chi connectivity index (χ1n) is 2.62. The van der Waals surface area contributed by atoms with Gasteiger partial charge in [0, 0.05) is 0 Å². The first kappa shape index (κ1) is 8.16. The molecule has 0 saturated heterocycles. The Morgan fingerprint density at radius 1 is 1.89 bits per heavy atom. The average Bonchev–Trinajstić information content (AvgIpc) is 1.82. The third kappa shape index (κ3) is 3.72. The van der Waals surface area contributed by atoms with Gasteiger partial charge in [0.15, 0.2) is 0 Å². The zero-order valence-electron chi connectivity index (χ0n) is 5.11. The number of hydrogen-bond donors (Lipinski definition) is 1. The number of hydrogen-bond acceptors (Lipinski definition) is 4. The van der Waals surface area contributed by atoms with Gasteiger partial charge in [0.1, 0.15) is 6.10 Å². The van der Waals surface area contributed by atoms with Crippen LogP contribution in [-0.2, 0) is 4.84 Å². The summed E-state index contributed by atoms with van der Waals surface area (Å²) in [5.74, 6) is 0. The standard InChI is InChI=1S/C4H9NO4/c1-2-4(3-6)9-5(7)8/h4,6H,2-3H2,1H3. The zero-order valence-corrected chi connectivity index (χ0v) is 5.11. The lowest BCUT2D eigenvalue weighted by atomic mass is 10.3. The second-order valence-electron chi connectivity index (χ2n) is 1.54. The van der Waals surface area contributed by atoms with Gasteiger partial charge in [-0.2, -0.15) is 0 Å². The molecule has 0 saturated carbocycles. The lowest BCUT2D eigenvalue weighted by molar-refractivity contribution is -0.769. The lowest BCUT2D eigenvalue weighted by Crippen LogP contribution is -2.19. The van der Waals surface area contributed by atoms with Crippen molar-refractivity contribution >= 4 is 0 Å². The number of rotatable bonds is 4. The predicted octanol–water partition coefficient (Wildman–Crippen LogP) is -0.0344. The SMILES string of the molecule is CCC(CO)O[N+](=O)[O-]. The zero-order chi connectivity index (χ0) is 7.28. The molecule has 0 aromatic rings. The summed E-state index contributed by atoms with van der Waals surface area (Å²) in [6, 6.07) is 0. The second-order valence-corrected chi connectivity index (χ2v) is 1.54. The van der Waals surface area contributed by atoms with E-state index < -0.39 is 11.2 Å². The number of aliphatic hydroxyl groups excluding tert-OH is 1. The van der Waals surface area contributed by atoms with Crippen LogP contribution < -0.4 is 0 Å². The molecule has 0 aromatic carbocycles. The van der Waals surface area contributed by atoms with Gasteiger partial charge >= 0.3 is 0 Å². The van der Waals surface area contributed by atoms with Crippen LogP contribution in [0.3, 0.4) is 0 Å². The minimum atomic E-state index is -0.898. The van der Waals surface area contributed by atoms with Gasteiger partial charge in [0.2, 0.25) is 0 Å². The molecule has 1 unspecified atom stereocenters. The molecule has 0 aliphatic carbocycles. The first-order chi connectivity index (χ1) is 4.20. The molecule has 0 amide bonds. The van der Waals surface area contributed by atoms with Crippen molar-refractivity contribution in [2.45, 2.75) is 19.4 Å². The van der Waals surface area contributed by atoms with Gasteiger partial charge in [-0.25, -0.2) is 0 Å². The van der Waals surface area contributed by atoms with Gasteiger partial charge in [0.25, 0.3) is 5.09 Å². The van der Waals surface area contributed by atoms with Crippen LogP contribution in [0.15, 0.2) is 0 Å². The molecule has 0 rings (SSSR count). The molecule has 0 aromatic heterocycles. The Bertz CT molecular complexity index is 90.6. The molecule has 0 spiro atoms. The summed E-state index contributed by atoms with van der Waals surface area (Å²) in [5, 5.41) is 17.0. The largest absolute Gasteiger partial charge is 0.394 e. The van der Waals surface area contributed by atoms with Crippen molar-refractivity contribution in [1.29, 1.82) is 0 Å². The Labute approximate surface area is 52.3 Å². The monoisotopic (exact) mass is 135 g/mol. The summed E-state index contributed by atoms with van der Waals surface area (Å²) in [6.07, 6.45) is -0.225. The molecule has 0 radical (unpaired) electrons. The van der Waals surface area contributed by atoms with Gasteiger partial charge in [-0.05, 0) is 6.42 Å². The van der Waals surface area contributed by atoms with E-state index in [9.17, 15) is 10.1 Å². The maximum absolute atomic E-state index is 9.60. The van der Waals surface area contributed by atoms with Crippen LogP contribution >= 0.6 is 0 Å². The summed E-state index contributed by atoms with van der Waals surface area (Å²) in [4.78, 5) is 13.6. The Kier molecular flexibility index (Phi) is 3.70. The molecule has 0 bridgehead atoms. The van der Waals surface area contributed by atoms with Crippen molar-refractivity contribution in [3.05, 3.63) is 10.1 Å². The van der Waals surface area contributed by atoms with Crippen LogP contribution in [0.2, 0.25) is 0 Å². The van der Waals surface area contributed by atoms with Gasteiger partial charge < -0.3 is 9.94 Å². The lowest BCUT2D eigenvalue weighted by Gasteiger charge is -2.06. The van der Waals surface area contributed by atoms with Crippen molar-refractivity contribution in [2.75, 3.05) is 6.61 Å². The maximum Gasteiger partial charge on any atom is 0.294 e. The molecule has 0 fully saturated rings. The predicted molar refractivity (Wildman–Crippen MR) is 29.2 cm³/mol. The Hall–Kier alpha value is -0.840. The van der Waals surface area contributed by atoms with Crippen molar-refractivity contribution in [3.8, 4) is 0 Å². The van der Waals surface area contributed by atoms with Gasteiger partial charge in [-0.1, -0.05) is 6.92 Å². The van der Waals surface area contributed by atoms with Gasteiger partial charge in [0.05, 0.1) is 6.61 Å². The minimum Gasteiger partial charge on any atom is -0.394 e. The molecular formula is C4H9NO4. The molecule has 1 atom stereocenters. The highest BCUT2D eigenvalue weighted by Gasteiger charge is 2.07. The topological polar surface area (TPSA) is 72.6 Å². The van der Waals surface area contributed by atoms with Crippen molar-refractivity contribution in [2.24, 2.45) is 0 Å². The fraction of sp³-hybridized carbons (Fsp3) is 1.00. The van der Waals surface area contributed by atoms with E-state index in [0.29, 0.717) is 6.42 Å². The van der Waals surface area contributed by atoms with Gasteiger partial charge in [-0.3, -0.25) is 0 Å². The highest BCUT2D eigenvalue weighted by molar-refractivity contribution is 4.46. The van der Waals surface area contributed by atoms with E-state index in [1.807, 2.05) is 0 Å². The second kappa shape index (κ2) is 4.08. The quantitative estimate of drug-likeness (QED) is 0.433. The van der Waals surface area contributed by atoms with E-state index in [-0.39, 0.29) is 6.61 Å². The molecule has 0 heterocycles. The third-order valence-electron chi connectivity index (χ3n) is 0.894. The number of nitrogens with zero attached hydrogens (tertiary/aromatic N) is 1. The van der Waals surface area contributed by atoms with Crippen LogP contribution in [0.25, 0.3) is 0 Å². The van der Waals surface area contributed by atoms with Crippen molar-refractivity contribution in [3.63, 3.8) is 0 Å². The van der Waals surface area contributed by atoms with E-state index in [1.54, 1.807) is 6.92 Å². The van der Waals surface area contributed by atoms with Crippen LogP contribution in [0.5, 0.6) is 0 Å². The van der Waals surface area contributed by atoms with E-state index in [1.165, 1.54) is 0 Å². The van der Waals surface area contributed by atoms with Crippen LogP contribution in [0, 0.1) is 10.1 Å². The summed E-state index contributed by atoms with van der Waals surface area (Å²) in [7, 11) is 0. The first-order valence-corrected chi connectivity index (χ1v) is 2.62. The smallest absolute Gasteiger partial charge is 0.294 e. The third-order valence-corrected chi connectivity index (χ3v) is 0.894. The average molecular weight is 135 g/mol.